The van der Waals surface area contributed by atoms with Crippen molar-refractivity contribution in [2.75, 3.05) is 5.32 Å². The Morgan fingerprint density at radius 1 is 1.05 bits per heavy atom. The molecule has 1 aromatic heterocycles. The largest absolute Gasteiger partial charge is 1.00 e. The number of carbonyl (C=O) groups excluding carboxylic acids is 1. The van der Waals surface area contributed by atoms with Gasteiger partial charge in [0, 0.05) is 5.69 Å². The van der Waals surface area contributed by atoms with Crippen molar-refractivity contribution >= 4 is 17.4 Å². The number of hydrogen-bond acceptors (Lipinski definition) is 3. The number of carbonyl (C=O) groups is 1. The van der Waals surface area contributed by atoms with Gasteiger partial charge in [-0.25, -0.2) is 5.84 Å². The van der Waals surface area contributed by atoms with Crippen LogP contribution in [0.2, 0.25) is 0 Å². The number of benzene rings is 1. The predicted molar refractivity (Wildman–Crippen MR) is 68.7 cm³/mol. The maximum atomic E-state index is 12.0. The summed E-state index contributed by atoms with van der Waals surface area (Å²) in [5, 5.41) is 6.24. The van der Waals surface area contributed by atoms with Gasteiger partial charge in [-0.15, -0.1) is 0 Å². The minimum absolute atomic E-state index is 0. The van der Waals surface area contributed by atoms with Gasteiger partial charge in [-0.1, -0.05) is 24.3 Å². The molecule has 6 heteroatoms. The summed E-state index contributed by atoms with van der Waals surface area (Å²) < 4.78 is 1.55. The van der Waals surface area contributed by atoms with E-state index in [1.165, 1.54) is 0 Å². The third-order valence-corrected chi connectivity index (χ3v) is 2.32. The molecule has 1 amide bonds. The summed E-state index contributed by atoms with van der Waals surface area (Å²) in [6, 6.07) is 14.6. The molecule has 0 unspecified atom stereocenters. The van der Waals surface area contributed by atoms with Crippen LogP contribution in [0.4, 0.5) is 5.69 Å². The Hall–Kier alpha value is -2.40. The van der Waals surface area contributed by atoms with E-state index in [1.807, 2.05) is 24.3 Å². The van der Waals surface area contributed by atoms with Gasteiger partial charge >= 0.3 is 11.7 Å². The van der Waals surface area contributed by atoms with Gasteiger partial charge in [-0.2, -0.15) is 4.57 Å². The minimum atomic E-state index is -0.361. The maximum absolute atomic E-state index is 12.0. The van der Waals surface area contributed by atoms with Crippen LogP contribution < -0.4 is 28.1 Å². The fourth-order valence-electron chi connectivity index (χ4n) is 1.49. The molecule has 5 nitrogen and oxygen atoms in total. The Bertz CT molecular complexity index is 557. The highest BCUT2D eigenvalue weighted by molar-refractivity contribution is 6.38. The van der Waals surface area contributed by atoms with Crippen LogP contribution in [0.15, 0.2) is 66.0 Å². The molecule has 0 aliphatic rings. The highest BCUT2D eigenvalue weighted by atomic mass is 35.5. The number of hydrazone groups is 1. The number of hydrogen-bond donors (Lipinski definition) is 2. The molecule has 98 valence electrons. The second-order valence-electron chi connectivity index (χ2n) is 3.56. The summed E-state index contributed by atoms with van der Waals surface area (Å²) in [5.74, 6) is 5.03. The van der Waals surface area contributed by atoms with Crippen molar-refractivity contribution in [1.82, 2.24) is 0 Å². The molecule has 3 N–H and O–H groups in total. The van der Waals surface area contributed by atoms with Crippen LogP contribution in [0.25, 0.3) is 0 Å². The van der Waals surface area contributed by atoms with Crippen LogP contribution in [-0.4, -0.2) is 11.7 Å². The second kappa shape index (κ2) is 7.13. The Morgan fingerprint density at radius 3 is 2.21 bits per heavy atom. The molecule has 2 rings (SSSR count). The summed E-state index contributed by atoms with van der Waals surface area (Å²) in [7, 11) is 0. The van der Waals surface area contributed by atoms with Crippen molar-refractivity contribution in [3.63, 3.8) is 0 Å². The zero-order chi connectivity index (χ0) is 12.8. The van der Waals surface area contributed by atoms with Crippen molar-refractivity contribution in [2.45, 2.75) is 0 Å². The first-order valence-electron chi connectivity index (χ1n) is 5.42. The van der Waals surface area contributed by atoms with E-state index in [-0.39, 0.29) is 24.1 Å². The number of pyridine rings is 1. The van der Waals surface area contributed by atoms with Crippen LogP contribution in [0.5, 0.6) is 0 Å². The van der Waals surface area contributed by atoms with Crippen LogP contribution in [0, 0.1) is 0 Å². The number of nitrogens with two attached hydrogens (primary N) is 1. The third kappa shape index (κ3) is 3.79. The van der Waals surface area contributed by atoms with Crippen molar-refractivity contribution in [3.8, 4) is 0 Å². The predicted octanol–water partition coefficient (Wildman–Crippen LogP) is -2.26. The molecule has 1 aromatic carbocycles. The van der Waals surface area contributed by atoms with Gasteiger partial charge in [0.1, 0.15) is 0 Å². The molecule has 0 aliphatic carbocycles. The highest BCUT2D eigenvalue weighted by Crippen LogP contribution is 2.04. The van der Waals surface area contributed by atoms with E-state index >= 15 is 0 Å². The van der Waals surface area contributed by atoms with E-state index in [0.29, 0.717) is 5.69 Å². The Kier molecular flexibility index (Phi) is 5.50. The van der Waals surface area contributed by atoms with Crippen molar-refractivity contribution in [2.24, 2.45) is 10.9 Å². The normalized spacial score (nSPS) is 10.4. The van der Waals surface area contributed by atoms with Gasteiger partial charge in [0.15, 0.2) is 0 Å². The number of anilines is 1. The molecule has 0 aliphatic heterocycles. The van der Waals surface area contributed by atoms with E-state index in [0.717, 1.165) is 0 Å². The quantitative estimate of drug-likeness (QED) is 0.203. The van der Waals surface area contributed by atoms with Gasteiger partial charge in [0.25, 0.3) is 0 Å². The lowest BCUT2D eigenvalue weighted by Crippen LogP contribution is -3.00. The topological polar surface area (TPSA) is 71.4 Å². The van der Waals surface area contributed by atoms with Crippen LogP contribution >= 0.6 is 0 Å². The molecule has 0 spiro atoms. The average molecular weight is 277 g/mol. The fraction of sp³-hybridized carbons (Fsp3) is 0. The molecule has 2 aromatic rings. The molecule has 19 heavy (non-hydrogen) atoms. The smallest absolute Gasteiger partial charge is 0.417 e. The summed E-state index contributed by atoms with van der Waals surface area (Å²) in [6.07, 6.45) is 3.41. The molecular weight excluding hydrogens is 264 g/mol. The summed E-state index contributed by atoms with van der Waals surface area (Å²) in [6.45, 7) is 0. The van der Waals surface area contributed by atoms with Crippen molar-refractivity contribution < 1.29 is 21.8 Å². The Balaban J connectivity index is 0.00000180. The number of rotatable bonds is 1. The van der Waals surface area contributed by atoms with Gasteiger partial charge < -0.3 is 17.7 Å². The molecular formula is C13H13ClN4O. The molecule has 1 heterocycles. The fourth-order valence-corrected chi connectivity index (χ4v) is 1.49. The first-order chi connectivity index (χ1) is 8.81. The lowest BCUT2D eigenvalue weighted by Gasteiger charge is -2.02. The number of halogens is 1. The first-order valence-corrected chi connectivity index (χ1v) is 5.42. The highest BCUT2D eigenvalue weighted by Gasteiger charge is 2.22. The molecule has 0 saturated carbocycles. The van der Waals surface area contributed by atoms with E-state index in [2.05, 4.69) is 10.4 Å². The SMILES string of the molecule is NN=C(C(=O)Nc1ccccc1)[n+]1ccccc1.[Cl-]. The molecule has 0 bridgehead atoms. The van der Waals surface area contributed by atoms with Crippen molar-refractivity contribution in [3.05, 3.63) is 60.9 Å². The lowest BCUT2D eigenvalue weighted by atomic mass is 10.3. The average Bonchev–Trinajstić information content (AvgIpc) is 2.42. The Labute approximate surface area is 117 Å². The molecule has 0 fully saturated rings. The minimum Gasteiger partial charge on any atom is -1.00 e. The van der Waals surface area contributed by atoms with E-state index < -0.39 is 0 Å². The van der Waals surface area contributed by atoms with Gasteiger partial charge in [0.05, 0.1) is 17.5 Å². The monoisotopic (exact) mass is 276 g/mol. The van der Waals surface area contributed by atoms with Crippen LogP contribution in [-0.2, 0) is 4.79 Å². The summed E-state index contributed by atoms with van der Waals surface area (Å²) >= 11 is 0. The summed E-state index contributed by atoms with van der Waals surface area (Å²) in [5.41, 5.74) is 0.695. The third-order valence-electron chi connectivity index (χ3n) is 2.32. The zero-order valence-corrected chi connectivity index (χ0v) is 10.8. The number of aromatic nitrogens is 1. The van der Waals surface area contributed by atoms with E-state index in [4.69, 9.17) is 5.84 Å². The molecule has 0 atom stereocenters. The Morgan fingerprint density at radius 2 is 1.63 bits per heavy atom. The number of nitrogens with one attached hydrogen (secondary N) is 1. The molecule has 0 radical (unpaired) electrons. The summed E-state index contributed by atoms with van der Waals surface area (Å²) in [4.78, 5) is 12.0. The second-order valence-corrected chi connectivity index (χ2v) is 3.56. The lowest BCUT2D eigenvalue weighted by molar-refractivity contribution is -0.553. The van der Waals surface area contributed by atoms with Crippen LogP contribution in [0.1, 0.15) is 0 Å². The number of nitrogens with zero attached hydrogens (tertiary/aromatic N) is 2. The van der Waals surface area contributed by atoms with Crippen LogP contribution in [0.3, 0.4) is 0 Å². The van der Waals surface area contributed by atoms with Gasteiger partial charge in [-0.05, 0) is 24.3 Å². The zero-order valence-electron chi connectivity index (χ0n) is 10.0. The molecule has 0 saturated heterocycles. The van der Waals surface area contributed by atoms with E-state index in [9.17, 15) is 4.79 Å². The first kappa shape index (κ1) is 14.7. The number of para-hydroxylation sites is 1. The van der Waals surface area contributed by atoms with Crippen molar-refractivity contribution in [1.29, 1.82) is 0 Å². The van der Waals surface area contributed by atoms with E-state index in [1.54, 1.807) is 41.2 Å². The maximum Gasteiger partial charge on any atom is 0.417 e. The van der Waals surface area contributed by atoms with Gasteiger partial charge in [-0.3, -0.25) is 4.79 Å². The number of amides is 1. The van der Waals surface area contributed by atoms with Gasteiger partial charge in [0.2, 0.25) is 0 Å². The standard InChI is InChI=1S/C13H12N4O.ClH/c14-16-12(17-9-5-2-6-10-17)13(18)15-11-7-3-1-4-8-11;/h1-10H,(H2-,14,15,18);1H.